The Bertz CT molecular complexity index is 556. The van der Waals surface area contributed by atoms with Crippen molar-refractivity contribution in [3.8, 4) is 0 Å². The second-order valence-electron chi connectivity index (χ2n) is 12.9. The molecule has 0 aromatic carbocycles. The Morgan fingerprint density at radius 1 is 0.641 bits per heavy atom. The van der Waals surface area contributed by atoms with Crippen molar-refractivity contribution >= 4 is 12.1 Å². The van der Waals surface area contributed by atoms with Crippen LogP contribution >= 0.6 is 0 Å². The molecule has 0 radical (unpaired) electrons. The van der Waals surface area contributed by atoms with Crippen LogP contribution in [0.2, 0.25) is 0 Å². The minimum Gasteiger partial charge on any atom is -0.303 e. The number of hydrogen-bond donors (Lipinski definition) is 0. The first-order valence-electron chi connectivity index (χ1n) is 17.8. The highest BCUT2D eigenvalue weighted by molar-refractivity contribution is 5.81. The largest absolute Gasteiger partial charge is 0.303 e. The molecule has 0 saturated heterocycles. The molecule has 0 N–H and O–H groups in total. The van der Waals surface area contributed by atoms with Crippen LogP contribution in [0.1, 0.15) is 181 Å². The molecule has 1 aliphatic carbocycles. The maximum absolute atomic E-state index is 12.8. The van der Waals surface area contributed by atoms with Gasteiger partial charge in [0, 0.05) is 18.8 Å². The van der Waals surface area contributed by atoms with Gasteiger partial charge in [-0.1, -0.05) is 124 Å². The highest BCUT2D eigenvalue weighted by Crippen LogP contribution is 2.44. The van der Waals surface area contributed by atoms with Crippen molar-refractivity contribution in [1.82, 2.24) is 4.90 Å². The van der Waals surface area contributed by atoms with Gasteiger partial charge in [-0.15, -0.1) is 0 Å². The number of aldehydes is 1. The Morgan fingerprint density at radius 2 is 1.15 bits per heavy atom. The van der Waals surface area contributed by atoms with Gasteiger partial charge in [0.25, 0.3) is 0 Å². The van der Waals surface area contributed by atoms with Gasteiger partial charge in [-0.25, -0.2) is 0 Å². The topological polar surface area (TPSA) is 37.4 Å². The second kappa shape index (κ2) is 26.2. The Labute approximate surface area is 245 Å². The summed E-state index contributed by atoms with van der Waals surface area (Å²) < 4.78 is 0. The lowest BCUT2D eigenvalue weighted by Gasteiger charge is -2.40. The molecule has 0 spiro atoms. The predicted molar refractivity (Wildman–Crippen MR) is 170 cm³/mol. The smallest absolute Gasteiger partial charge is 0.135 e. The summed E-state index contributed by atoms with van der Waals surface area (Å²) in [6.07, 6.45) is 32.6. The summed E-state index contributed by atoms with van der Waals surface area (Å²) in [7, 11) is 0. The molecule has 39 heavy (non-hydrogen) atoms. The molecule has 0 aromatic rings. The van der Waals surface area contributed by atoms with E-state index in [9.17, 15) is 9.59 Å². The summed E-state index contributed by atoms with van der Waals surface area (Å²) in [5, 5.41) is 0. The normalized spacial score (nSPS) is 17.8. The van der Waals surface area contributed by atoms with Crippen LogP contribution in [0.15, 0.2) is 0 Å². The fraction of sp³-hybridized carbons (Fsp3) is 0.944. The van der Waals surface area contributed by atoms with Crippen LogP contribution in [-0.2, 0) is 9.59 Å². The van der Waals surface area contributed by atoms with Crippen LogP contribution in [0.5, 0.6) is 0 Å². The molecule has 0 amide bonds. The highest BCUT2D eigenvalue weighted by atomic mass is 16.1. The molecule has 0 bridgehead atoms. The molecule has 1 saturated carbocycles. The van der Waals surface area contributed by atoms with E-state index in [1.165, 1.54) is 154 Å². The van der Waals surface area contributed by atoms with Crippen LogP contribution in [-0.4, -0.2) is 36.6 Å². The number of unbranched alkanes of at least 4 members (excludes halogenated alkanes) is 15. The summed E-state index contributed by atoms with van der Waals surface area (Å²) in [6, 6.07) is 0. The molecule has 1 fully saturated rings. The van der Waals surface area contributed by atoms with Crippen molar-refractivity contribution in [3.05, 3.63) is 0 Å². The quantitative estimate of drug-likeness (QED) is 0.0663. The fourth-order valence-electron chi connectivity index (χ4n) is 6.71. The van der Waals surface area contributed by atoms with Crippen molar-refractivity contribution in [1.29, 1.82) is 0 Å². The number of carbonyl (C=O) groups excluding carboxylic acids is 2. The van der Waals surface area contributed by atoms with Crippen molar-refractivity contribution in [2.24, 2.45) is 17.8 Å². The van der Waals surface area contributed by atoms with E-state index >= 15 is 0 Å². The van der Waals surface area contributed by atoms with E-state index in [1.807, 2.05) is 0 Å². The maximum Gasteiger partial charge on any atom is 0.135 e. The first-order chi connectivity index (χ1) is 19.2. The van der Waals surface area contributed by atoms with Crippen LogP contribution in [0.4, 0.5) is 0 Å². The number of hydrogen-bond acceptors (Lipinski definition) is 3. The third kappa shape index (κ3) is 19.1. The van der Waals surface area contributed by atoms with Gasteiger partial charge in [0.15, 0.2) is 0 Å². The summed E-state index contributed by atoms with van der Waals surface area (Å²) in [4.78, 5) is 25.9. The van der Waals surface area contributed by atoms with Crippen molar-refractivity contribution in [2.45, 2.75) is 181 Å². The maximum atomic E-state index is 12.8. The summed E-state index contributed by atoms with van der Waals surface area (Å²) >= 11 is 0. The number of carbonyl (C=O) groups is 2. The van der Waals surface area contributed by atoms with Gasteiger partial charge < -0.3 is 9.69 Å². The zero-order valence-electron chi connectivity index (χ0n) is 26.9. The number of nitrogens with zero attached hydrogens (tertiary/aromatic N) is 1. The minimum absolute atomic E-state index is 0.395. The molecule has 230 valence electrons. The Morgan fingerprint density at radius 3 is 1.74 bits per heavy atom. The molecule has 0 heterocycles. The predicted octanol–water partition coefficient (Wildman–Crippen LogP) is 10.7. The summed E-state index contributed by atoms with van der Waals surface area (Å²) in [5.74, 6) is 2.71. The first-order valence-corrected chi connectivity index (χ1v) is 17.8. The molecule has 0 aliphatic heterocycles. The fourth-order valence-corrected chi connectivity index (χ4v) is 6.71. The van der Waals surface area contributed by atoms with E-state index < -0.39 is 0 Å². The molecule has 1 unspecified atom stereocenters. The van der Waals surface area contributed by atoms with Crippen molar-refractivity contribution in [3.63, 3.8) is 0 Å². The molecule has 1 rings (SSSR count). The Balaban J connectivity index is 2.16. The van der Waals surface area contributed by atoms with Gasteiger partial charge >= 0.3 is 0 Å². The Kier molecular flexibility index (Phi) is 24.4. The lowest BCUT2D eigenvalue weighted by molar-refractivity contribution is -0.128. The van der Waals surface area contributed by atoms with Gasteiger partial charge in [0.2, 0.25) is 0 Å². The number of ketones is 1. The standard InChI is InChI=1S/C36H69NO2/c1-4-7-9-11-13-19-25-33(24-18-10-8-5-2)34-31-35(32-34)36(39)26-20-14-12-15-21-28-37(27-6-3)29-22-16-17-23-30-38/h30,33-35H,4-29,31-32H2,1-3H3. The highest BCUT2D eigenvalue weighted by Gasteiger charge is 2.37. The van der Waals surface area contributed by atoms with Gasteiger partial charge in [0.05, 0.1) is 0 Å². The monoisotopic (exact) mass is 548 g/mol. The van der Waals surface area contributed by atoms with Crippen LogP contribution in [0.3, 0.4) is 0 Å². The number of Topliss-reactive ketones (excluding diaryl/α,β-unsaturated/α-hetero) is 1. The zero-order valence-corrected chi connectivity index (χ0v) is 26.9. The average molecular weight is 548 g/mol. The third-order valence-corrected chi connectivity index (χ3v) is 9.39. The molecular formula is C36H69NO2. The summed E-state index contributed by atoms with van der Waals surface area (Å²) in [6.45, 7) is 10.5. The van der Waals surface area contributed by atoms with Gasteiger partial charge in [0.1, 0.15) is 12.1 Å². The van der Waals surface area contributed by atoms with Crippen LogP contribution in [0, 0.1) is 17.8 Å². The SMILES string of the molecule is CCCCCCCCC(CCCCCC)C1CC(C(=O)CCCCCCCN(CCC)CCCCCC=O)C1. The van der Waals surface area contributed by atoms with E-state index in [1.54, 1.807) is 0 Å². The first kappa shape index (κ1) is 36.3. The average Bonchev–Trinajstić information content (AvgIpc) is 2.90. The lowest BCUT2D eigenvalue weighted by Crippen LogP contribution is -2.35. The van der Waals surface area contributed by atoms with Crippen molar-refractivity contribution < 1.29 is 9.59 Å². The van der Waals surface area contributed by atoms with Gasteiger partial charge in [-0.2, -0.15) is 0 Å². The van der Waals surface area contributed by atoms with E-state index in [4.69, 9.17) is 0 Å². The summed E-state index contributed by atoms with van der Waals surface area (Å²) in [5.41, 5.74) is 0. The third-order valence-electron chi connectivity index (χ3n) is 9.39. The molecular weight excluding hydrogens is 478 g/mol. The van der Waals surface area contributed by atoms with Crippen LogP contribution in [0.25, 0.3) is 0 Å². The Hall–Kier alpha value is -0.700. The number of rotatable bonds is 30. The van der Waals surface area contributed by atoms with Gasteiger partial charge in [-0.05, 0) is 76.4 Å². The molecule has 1 aliphatic rings. The lowest BCUT2D eigenvalue weighted by atomic mass is 9.64. The molecule has 3 nitrogen and oxygen atoms in total. The van der Waals surface area contributed by atoms with Crippen molar-refractivity contribution in [2.75, 3.05) is 19.6 Å². The van der Waals surface area contributed by atoms with Gasteiger partial charge in [-0.3, -0.25) is 4.79 Å². The van der Waals surface area contributed by atoms with E-state index in [-0.39, 0.29) is 0 Å². The second-order valence-corrected chi connectivity index (χ2v) is 12.9. The van der Waals surface area contributed by atoms with E-state index in [0.29, 0.717) is 11.7 Å². The molecule has 3 heteroatoms. The van der Waals surface area contributed by atoms with E-state index in [2.05, 4.69) is 25.7 Å². The van der Waals surface area contributed by atoms with E-state index in [0.717, 1.165) is 43.8 Å². The van der Waals surface area contributed by atoms with Crippen LogP contribution < -0.4 is 0 Å². The zero-order chi connectivity index (χ0) is 28.4. The minimum atomic E-state index is 0.395. The molecule has 1 atom stereocenters. The molecule has 0 aromatic heterocycles.